The summed E-state index contributed by atoms with van der Waals surface area (Å²) in [6, 6.07) is 16.8. The molecule has 0 spiro atoms. The van der Waals surface area contributed by atoms with Crippen molar-refractivity contribution >= 4 is 5.69 Å². The van der Waals surface area contributed by atoms with Gasteiger partial charge in [0.1, 0.15) is 12.4 Å². The van der Waals surface area contributed by atoms with Crippen LogP contribution in [-0.2, 0) is 19.6 Å². The van der Waals surface area contributed by atoms with Gasteiger partial charge in [-0.2, -0.15) is 0 Å². The number of hydrogen-bond acceptors (Lipinski definition) is 3. The van der Waals surface area contributed by atoms with Crippen molar-refractivity contribution in [3.05, 3.63) is 101 Å². The molecule has 0 amide bonds. The summed E-state index contributed by atoms with van der Waals surface area (Å²) in [7, 11) is 0. The van der Waals surface area contributed by atoms with Gasteiger partial charge in [-0.05, 0) is 79.8 Å². The summed E-state index contributed by atoms with van der Waals surface area (Å²) < 4.78 is 25.5. The van der Waals surface area contributed by atoms with Gasteiger partial charge in [0.25, 0.3) is 0 Å². The van der Waals surface area contributed by atoms with E-state index in [1.165, 1.54) is 23.3 Å². The molecule has 1 N–H and O–H groups in total. The maximum atomic E-state index is 13.5. The summed E-state index contributed by atoms with van der Waals surface area (Å²) in [5, 5.41) is 3.53. The molecular weight excluding hydrogens is 389 g/mol. The molecule has 3 rings (SSSR count). The first-order chi connectivity index (χ1) is 15.0. The minimum Gasteiger partial charge on any atom is -0.490 e. The van der Waals surface area contributed by atoms with Crippen LogP contribution in [0.25, 0.3) is 0 Å². The summed E-state index contributed by atoms with van der Waals surface area (Å²) in [6.07, 6.45) is 2.50. The number of ether oxygens (including phenoxy) is 2. The number of halogens is 1. The van der Waals surface area contributed by atoms with E-state index in [4.69, 9.17) is 9.47 Å². The molecule has 0 radical (unpaired) electrons. The van der Waals surface area contributed by atoms with Gasteiger partial charge in [-0.1, -0.05) is 30.3 Å². The number of aryl methyl sites for hydroxylation is 1. The number of benzene rings is 3. The Morgan fingerprint density at radius 3 is 2.55 bits per heavy atom. The fourth-order valence-corrected chi connectivity index (χ4v) is 3.48. The Balaban J connectivity index is 1.86. The van der Waals surface area contributed by atoms with E-state index in [-0.39, 0.29) is 12.4 Å². The van der Waals surface area contributed by atoms with Gasteiger partial charge in [0, 0.05) is 17.8 Å². The van der Waals surface area contributed by atoms with Crippen LogP contribution in [0.5, 0.6) is 11.5 Å². The third kappa shape index (κ3) is 5.88. The molecule has 31 heavy (non-hydrogen) atoms. The third-order valence-electron chi connectivity index (χ3n) is 5.22. The molecule has 0 aliphatic rings. The molecule has 0 fully saturated rings. The highest BCUT2D eigenvalue weighted by Crippen LogP contribution is 2.35. The Labute approximate surface area is 184 Å². The predicted molar refractivity (Wildman–Crippen MR) is 125 cm³/mol. The molecule has 3 nitrogen and oxygen atoms in total. The van der Waals surface area contributed by atoms with Crippen LogP contribution in [0.2, 0.25) is 0 Å². The molecule has 0 bridgehead atoms. The van der Waals surface area contributed by atoms with Crippen LogP contribution in [-0.4, -0.2) is 6.61 Å². The second-order valence-electron chi connectivity index (χ2n) is 7.53. The second kappa shape index (κ2) is 10.7. The first-order valence-electron chi connectivity index (χ1n) is 10.6. The maximum Gasteiger partial charge on any atom is 0.165 e. The molecule has 4 heteroatoms. The fraction of sp³-hybridized carbons (Fsp3) is 0.259. The van der Waals surface area contributed by atoms with Crippen LogP contribution < -0.4 is 14.8 Å². The summed E-state index contributed by atoms with van der Waals surface area (Å²) in [5.74, 6) is 1.10. The van der Waals surface area contributed by atoms with Gasteiger partial charge in [0.15, 0.2) is 11.5 Å². The highest BCUT2D eigenvalue weighted by molar-refractivity contribution is 5.55. The molecule has 0 heterocycles. The van der Waals surface area contributed by atoms with E-state index in [1.54, 1.807) is 6.07 Å². The lowest BCUT2D eigenvalue weighted by molar-refractivity contribution is 0.266. The molecule has 0 saturated carbocycles. The fourth-order valence-electron chi connectivity index (χ4n) is 3.48. The average molecular weight is 420 g/mol. The third-order valence-corrected chi connectivity index (χ3v) is 5.22. The largest absolute Gasteiger partial charge is 0.490 e. The van der Waals surface area contributed by atoms with Crippen molar-refractivity contribution in [1.82, 2.24) is 0 Å². The van der Waals surface area contributed by atoms with Crippen molar-refractivity contribution < 1.29 is 13.9 Å². The smallest absolute Gasteiger partial charge is 0.165 e. The lowest BCUT2D eigenvalue weighted by atomic mass is 10.0. The second-order valence-corrected chi connectivity index (χ2v) is 7.53. The summed E-state index contributed by atoms with van der Waals surface area (Å²) in [5.41, 5.74) is 6.49. The van der Waals surface area contributed by atoms with E-state index in [0.717, 1.165) is 22.4 Å². The highest BCUT2D eigenvalue weighted by Gasteiger charge is 2.14. The van der Waals surface area contributed by atoms with Gasteiger partial charge in [-0.3, -0.25) is 0 Å². The zero-order valence-electron chi connectivity index (χ0n) is 18.5. The number of rotatable bonds is 10. The zero-order valence-corrected chi connectivity index (χ0v) is 18.5. The Kier molecular flexibility index (Phi) is 7.71. The topological polar surface area (TPSA) is 30.5 Å². The molecule has 3 aromatic rings. The standard InChI is InChI=1S/C27H30FNO2/c1-5-9-23-14-22(17-29-25-13-7-10-19(3)20(25)4)16-26(30-6-2)27(23)31-18-21-11-8-12-24(28)15-21/h5,7-8,10-16,29H,1,6,9,17-18H2,2-4H3. The van der Waals surface area contributed by atoms with E-state index in [1.807, 2.05) is 25.1 Å². The normalized spacial score (nSPS) is 10.6. The van der Waals surface area contributed by atoms with Crippen molar-refractivity contribution in [3.8, 4) is 11.5 Å². The van der Waals surface area contributed by atoms with Crippen LogP contribution in [0.15, 0.2) is 67.3 Å². The Morgan fingerprint density at radius 2 is 1.81 bits per heavy atom. The van der Waals surface area contributed by atoms with Crippen LogP contribution >= 0.6 is 0 Å². The lowest BCUT2D eigenvalue weighted by Gasteiger charge is -2.18. The van der Waals surface area contributed by atoms with Crippen molar-refractivity contribution in [2.75, 3.05) is 11.9 Å². The predicted octanol–water partition coefficient (Wildman–Crippen LogP) is 6.76. The summed E-state index contributed by atoms with van der Waals surface area (Å²) in [6.45, 7) is 11.5. The first kappa shape index (κ1) is 22.4. The van der Waals surface area contributed by atoms with Crippen molar-refractivity contribution in [2.45, 2.75) is 40.3 Å². The minimum absolute atomic E-state index is 0.266. The van der Waals surface area contributed by atoms with E-state index >= 15 is 0 Å². The zero-order chi connectivity index (χ0) is 22.2. The number of anilines is 1. The van der Waals surface area contributed by atoms with E-state index < -0.39 is 0 Å². The Bertz CT molecular complexity index is 1050. The highest BCUT2D eigenvalue weighted by atomic mass is 19.1. The lowest BCUT2D eigenvalue weighted by Crippen LogP contribution is -2.06. The van der Waals surface area contributed by atoms with Crippen molar-refractivity contribution in [3.63, 3.8) is 0 Å². The molecular formula is C27H30FNO2. The number of allylic oxidation sites excluding steroid dienone is 1. The van der Waals surface area contributed by atoms with Crippen molar-refractivity contribution in [2.24, 2.45) is 0 Å². The van der Waals surface area contributed by atoms with Crippen LogP contribution in [0.4, 0.5) is 10.1 Å². The van der Waals surface area contributed by atoms with Gasteiger partial charge in [-0.15, -0.1) is 6.58 Å². The molecule has 0 saturated heterocycles. The first-order valence-corrected chi connectivity index (χ1v) is 10.6. The maximum absolute atomic E-state index is 13.5. The van der Waals surface area contributed by atoms with E-state index in [9.17, 15) is 4.39 Å². The molecule has 0 aromatic heterocycles. The summed E-state index contributed by atoms with van der Waals surface area (Å²) >= 11 is 0. The average Bonchev–Trinajstić information content (AvgIpc) is 2.75. The molecule has 0 atom stereocenters. The van der Waals surface area contributed by atoms with Gasteiger partial charge in [-0.25, -0.2) is 4.39 Å². The minimum atomic E-state index is -0.273. The number of nitrogens with one attached hydrogen (secondary N) is 1. The summed E-state index contributed by atoms with van der Waals surface area (Å²) in [4.78, 5) is 0. The van der Waals surface area contributed by atoms with Crippen LogP contribution in [0.1, 0.15) is 34.7 Å². The van der Waals surface area contributed by atoms with Crippen LogP contribution in [0.3, 0.4) is 0 Å². The van der Waals surface area contributed by atoms with Gasteiger partial charge >= 0.3 is 0 Å². The van der Waals surface area contributed by atoms with Gasteiger partial charge in [0.05, 0.1) is 6.61 Å². The molecule has 0 unspecified atom stereocenters. The van der Waals surface area contributed by atoms with E-state index in [0.29, 0.717) is 31.1 Å². The van der Waals surface area contributed by atoms with Gasteiger partial charge < -0.3 is 14.8 Å². The molecule has 162 valence electrons. The molecule has 3 aromatic carbocycles. The molecule has 0 aliphatic heterocycles. The van der Waals surface area contributed by atoms with E-state index in [2.05, 4.69) is 50.0 Å². The van der Waals surface area contributed by atoms with Crippen LogP contribution in [0, 0.1) is 19.7 Å². The Morgan fingerprint density at radius 1 is 1.00 bits per heavy atom. The SMILES string of the molecule is C=CCc1cc(CNc2cccc(C)c2C)cc(OCC)c1OCc1cccc(F)c1. The molecule has 0 aliphatic carbocycles. The van der Waals surface area contributed by atoms with Crippen molar-refractivity contribution in [1.29, 1.82) is 0 Å². The monoisotopic (exact) mass is 419 g/mol. The Hall–Kier alpha value is -3.27. The number of hydrogen-bond donors (Lipinski definition) is 1. The van der Waals surface area contributed by atoms with Gasteiger partial charge in [0.2, 0.25) is 0 Å². The quantitative estimate of drug-likeness (QED) is 0.368.